The van der Waals surface area contributed by atoms with Crippen LogP contribution in [0.1, 0.15) is 15.4 Å². The van der Waals surface area contributed by atoms with Gasteiger partial charge in [0.05, 0.1) is 14.9 Å². The minimum atomic E-state index is -0.232. The SMILES string of the molecule is Cc1nc(-c2ccc(Cl)s2)sc1C(=O)Nc1nnc(-c2ccccc2)s1. The van der Waals surface area contributed by atoms with Crippen LogP contribution >= 0.6 is 45.6 Å². The number of amides is 1. The Bertz CT molecular complexity index is 1070. The van der Waals surface area contributed by atoms with Gasteiger partial charge in [0.1, 0.15) is 14.9 Å². The van der Waals surface area contributed by atoms with Crippen LogP contribution < -0.4 is 5.32 Å². The van der Waals surface area contributed by atoms with E-state index < -0.39 is 0 Å². The number of rotatable bonds is 4. The molecule has 1 N–H and O–H groups in total. The molecule has 26 heavy (non-hydrogen) atoms. The molecule has 0 atom stereocenters. The molecule has 0 fully saturated rings. The van der Waals surface area contributed by atoms with E-state index in [-0.39, 0.29) is 5.91 Å². The van der Waals surface area contributed by atoms with Crippen molar-refractivity contribution in [2.45, 2.75) is 6.92 Å². The molecule has 4 aromatic rings. The topological polar surface area (TPSA) is 67.8 Å². The average Bonchev–Trinajstić information content (AvgIpc) is 3.36. The van der Waals surface area contributed by atoms with Crippen molar-refractivity contribution < 1.29 is 4.79 Å². The first-order chi connectivity index (χ1) is 12.6. The zero-order valence-electron chi connectivity index (χ0n) is 13.4. The number of hydrogen-bond donors (Lipinski definition) is 1. The van der Waals surface area contributed by atoms with Crippen LogP contribution in [0.3, 0.4) is 0 Å². The molecule has 0 bridgehead atoms. The number of nitrogens with zero attached hydrogens (tertiary/aromatic N) is 3. The lowest BCUT2D eigenvalue weighted by atomic mass is 10.2. The Morgan fingerprint density at radius 1 is 1.00 bits per heavy atom. The lowest BCUT2D eigenvalue weighted by Gasteiger charge is -1.98. The van der Waals surface area contributed by atoms with E-state index in [0.717, 1.165) is 20.5 Å². The van der Waals surface area contributed by atoms with Crippen LogP contribution in [0.4, 0.5) is 5.13 Å². The van der Waals surface area contributed by atoms with Gasteiger partial charge in [-0.05, 0) is 19.1 Å². The number of carbonyl (C=O) groups excluding carboxylic acids is 1. The summed E-state index contributed by atoms with van der Waals surface area (Å²) in [6, 6.07) is 13.5. The van der Waals surface area contributed by atoms with Crippen molar-refractivity contribution in [3.05, 3.63) is 57.4 Å². The first-order valence-electron chi connectivity index (χ1n) is 7.53. The van der Waals surface area contributed by atoms with Gasteiger partial charge in [-0.15, -0.1) is 32.9 Å². The average molecular weight is 419 g/mol. The largest absolute Gasteiger partial charge is 0.296 e. The van der Waals surface area contributed by atoms with Crippen molar-refractivity contribution in [1.82, 2.24) is 15.2 Å². The number of anilines is 1. The van der Waals surface area contributed by atoms with E-state index in [2.05, 4.69) is 20.5 Å². The summed E-state index contributed by atoms with van der Waals surface area (Å²) in [6.45, 7) is 1.82. The Labute approximate surface area is 166 Å². The van der Waals surface area contributed by atoms with Gasteiger partial charge in [-0.3, -0.25) is 10.1 Å². The molecule has 130 valence electrons. The highest BCUT2D eigenvalue weighted by molar-refractivity contribution is 7.24. The number of aromatic nitrogens is 3. The highest BCUT2D eigenvalue weighted by Gasteiger charge is 2.19. The van der Waals surface area contributed by atoms with Crippen LogP contribution in [0, 0.1) is 6.92 Å². The maximum absolute atomic E-state index is 12.6. The van der Waals surface area contributed by atoms with E-state index in [1.54, 1.807) is 0 Å². The predicted molar refractivity (Wildman–Crippen MR) is 108 cm³/mol. The number of thiazole rings is 1. The Balaban J connectivity index is 1.54. The Morgan fingerprint density at radius 3 is 2.54 bits per heavy atom. The van der Waals surface area contributed by atoms with Crippen molar-refractivity contribution in [3.63, 3.8) is 0 Å². The molecule has 3 aromatic heterocycles. The molecular formula is C17H11ClN4OS3. The molecule has 0 radical (unpaired) electrons. The summed E-state index contributed by atoms with van der Waals surface area (Å²) in [5.41, 5.74) is 1.65. The van der Waals surface area contributed by atoms with Gasteiger partial charge in [0.25, 0.3) is 5.91 Å². The molecule has 0 aliphatic rings. The number of nitrogens with one attached hydrogen (secondary N) is 1. The molecule has 1 amide bonds. The maximum Gasteiger partial charge on any atom is 0.269 e. The number of carbonyl (C=O) groups is 1. The molecule has 0 saturated heterocycles. The monoisotopic (exact) mass is 418 g/mol. The molecule has 4 rings (SSSR count). The molecule has 5 nitrogen and oxygen atoms in total. The molecular weight excluding hydrogens is 408 g/mol. The molecule has 0 aliphatic heterocycles. The Hall–Kier alpha value is -2.13. The van der Waals surface area contributed by atoms with Crippen LogP contribution in [0.5, 0.6) is 0 Å². The van der Waals surface area contributed by atoms with Gasteiger partial charge in [0, 0.05) is 5.56 Å². The minimum absolute atomic E-state index is 0.232. The quantitative estimate of drug-likeness (QED) is 0.468. The van der Waals surface area contributed by atoms with Crippen LogP contribution in [-0.4, -0.2) is 21.1 Å². The number of thiophene rings is 1. The van der Waals surface area contributed by atoms with Gasteiger partial charge in [-0.1, -0.05) is 53.3 Å². The van der Waals surface area contributed by atoms with E-state index in [9.17, 15) is 4.79 Å². The molecule has 0 spiro atoms. The highest BCUT2D eigenvalue weighted by atomic mass is 35.5. The van der Waals surface area contributed by atoms with Crippen molar-refractivity contribution in [2.75, 3.05) is 5.32 Å². The summed E-state index contributed by atoms with van der Waals surface area (Å²) in [5, 5.41) is 13.0. The van der Waals surface area contributed by atoms with E-state index >= 15 is 0 Å². The standard InChI is InChI=1S/C17H11ClN4OS3/c1-9-13(25-16(19-9)11-7-8-12(18)24-11)14(23)20-17-22-21-15(26-17)10-5-3-2-4-6-10/h2-8H,1H3,(H,20,22,23). The van der Waals surface area contributed by atoms with Gasteiger partial charge in [0.15, 0.2) is 0 Å². The summed E-state index contributed by atoms with van der Waals surface area (Å²) in [6.07, 6.45) is 0. The van der Waals surface area contributed by atoms with E-state index in [0.29, 0.717) is 20.0 Å². The third-order valence-electron chi connectivity index (χ3n) is 3.45. The summed E-state index contributed by atoms with van der Waals surface area (Å²) in [5.74, 6) is -0.232. The van der Waals surface area contributed by atoms with Crippen LogP contribution in [-0.2, 0) is 0 Å². The maximum atomic E-state index is 12.6. The number of aryl methyl sites for hydroxylation is 1. The Morgan fingerprint density at radius 2 is 1.81 bits per heavy atom. The molecule has 3 heterocycles. The minimum Gasteiger partial charge on any atom is -0.296 e. The molecule has 0 saturated carbocycles. The number of hydrogen-bond acceptors (Lipinski definition) is 7. The fraction of sp³-hybridized carbons (Fsp3) is 0.0588. The van der Waals surface area contributed by atoms with Crippen molar-refractivity contribution >= 4 is 56.7 Å². The van der Waals surface area contributed by atoms with Crippen LogP contribution in [0.15, 0.2) is 42.5 Å². The predicted octanol–water partition coefficient (Wildman–Crippen LogP) is 5.60. The van der Waals surface area contributed by atoms with Gasteiger partial charge < -0.3 is 0 Å². The van der Waals surface area contributed by atoms with E-state index in [1.165, 1.54) is 34.0 Å². The summed E-state index contributed by atoms with van der Waals surface area (Å²) in [4.78, 5) is 18.6. The van der Waals surface area contributed by atoms with Gasteiger partial charge in [-0.2, -0.15) is 0 Å². The first kappa shape index (κ1) is 17.3. The zero-order chi connectivity index (χ0) is 18.1. The third kappa shape index (κ3) is 3.54. The lowest BCUT2D eigenvalue weighted by Crippen LogP contribution is -2.11. The fourth-order valence-corrected chi connectivity index (χ4v) is 5.07. The van der Waals surface area contributed by atoms with Crippen molar-refractivity contribution in [1.29, 1.82) is 0 Å². The Kier molecular flexibility index (Phi) is 4.82. The molecule has 9 heteroatoms. The normalized spacial score (nSPS) is 10.8. The smallest absolute Gasteiger partial charge is 0.269 e. The molecule has 0 aliphatic carbocycles. The number of benzene rings is 1. The van der Waals surface area contributed by atoms with Crippen LogP contribution in [0.25, 0.3) is 20.5 Å². The second kappa shape index (κ2) is 7.24. The third-order valence-corrected chi connectivity index (χ3v) is 6.90. The van der Waals surface area contributed by atoms with Crippen molar-refractivity contribution in [3.8, 4) is 20.5 Å². The molecule has 0 unspecified atom stereocenters. The van der Waals surface area contributed by atoms with Gasteiger partial charge >= 0.3 is 0 Å². The molecule has 1 aromatic carbocycles. The second-order valence-corrected chi connectivity index (χ2v) is 8.96. The lowest BCUT2D eigenvalue weighted by molar-refractivity contribution is 0.102. The van der Waals surface area contributed by atoms with Gasteiger partial charge in [0.2, 0.25) is 5.13 Å². The fourth-order valence-electron chi connectivity index (χ4n) is 2.27. The van der Waals surface area contributed by atoms with Gasteiger partial charge in [-0.25, -0.2) is 4.98 Å². The summed E-state index contributed by atoms with van der Waals surface area (Å²) >= 11 is 10.1. The second-order valence-electron chi connectivity index (χ2n) is 5.27. The highest BCUT2D eigenvalue weighted by Crippen LogP contribution is 2.35. The first-order valence-corrected chi connectivity index (χ1v) is 10.4. The zero-order valence-corrected chi connectivity index (χ0v) is 16.6. The van der Waals surface area contributed by atoms with E-state index in [4.69, 9.17) is 11.6 Å². The summed E-state index contributed by atoms with van der Waals surface area (Å²) < 4.78 is 0.696. The van der Waals surface area contributed by atoms with Crippen molar-refractivity contribution in [2.24, 2.45) is 0 Å². The summed E-state index contributed by atoms with van der Waals surface area (Å²) in [7, 11) is 0. The van der Waals surface area contributed by atoms with E-state index in [1.807, 2.05) is 49.4 Å². The number of halogens is 1. The van der Waals surface area contributed by atoms with Crippen LogP contribution in [0.2, 0.25) is 4.34 Å².